The van der Waals surface area contributed by atoms with Gasteiger partial charge in [0.2, 0.25) is 5.91 Å². The molecule has 4 heteroatoms. The molecule has 1 N–H and O–H groups in total. The monoisotopic (exact) mass is 251 g/mol. The summed E-state index contributed by atoms with van der Waals surface area (Å²) in [7, 11) is 3.98. The van der Waals surface area contributed by atoms with Crippen LogP contribution in [-0.4, -0.2) is 37.5 Å². The van der Waals surface area contributed by atoms with E-state index in [0.29, 0.717) is 19.4 Å². The molecule has 0 radical (unpaired) electrons. The maximum Gasteiger partial charge on any atom is 0.240 e. The molecule has 1 amide bonds. The lowest BCUT2D eigenvalue weighted by Crippen LogP contribution is -2.45. The van der Waals surface area contributed by atoms with Gasteiger partial charge >= 0.3 is 0 Å². The number of hydrogen-bond donors (Lipinski definition) is 1. The number of amides is 1. The molecule has 18 heavy (non-hydrogen) atoms. The molecule has 102 valence electrons. The van der Waals surface area contributed by atoms with Gasteiger partial charge in [-0.2, -0.15) is 5.26 Å². The number of carbonyl (C=O) groups is 1. The summed E-state index contributed by atoms with van der Waals surface area (Å²) in [6, 6.07) is 2.57. The molecule has 1 aliphatic carbocycles. The average Bonchev–Trinajstić information content (AvgIpc) is 2.61. The predicted molar refractivity (Wildman–Crippen MR) is 71.9 cm³/mol. The molecule has 0 aromatic carbocycles. The van der Waals surface area contributed by atoms with Crippen molar-refractivity contribution in [3.8, 4) is 6.07 Å². The Morgan fingerprint density at radius 2 is 1.89 bits per heavy atom. The van der Waals surface area contributed by atoms with Crippen LogP contribution in [0.25, 0.3) is 0 Å². The molecular weight excluding hydrogens is 226 g/mol. The minimum Gasteiger partial charge on any atom is -0.353 e. The number of likely N-dealkylation sites (N-methyl/N-ethyl adjacent to an activating group) is 1. The molecule has 0 aromatic heterocycles. The van der Waals surface area contributed by atoms with Gasteiger partial charge in [-0.3, -0.25) is 4.79 Å². The number of nitrogens with one attached hydrogen (secondary N) is 1. The molecule has 0 aliphatic heterocycles. The molecule has 0 spiro atoms. The van der Waals surface area contributed by atoms with Crippen molar-refractivity contribution >= 4 is 5.91 Å². The second-order valence-corrected chi connectivity index (χ2v) is 5.63. The van der Waals surface area contributed by atoms with Crippen molar-refractivity contribution in [3.05, 3.63) is 0 Å². The molecule has 0 aromatic rings. The number of hydrogen-bond acceptors (Lipinski definition) is 3. The standard InChI is InChI=1S/C14H25N3O/c1-12(17(2)3)10-16-13(18)14(11-15)8-6-4-5-7-9-14/h12H,4-10H2,1-3H3,(H,16,18). The summed E-state index contributed by atoms with van der Waals surface area (Å²) in [5.74, 6) is -0.0689. The molecule has 4 nitrogen and oxygen atoms in total. The summed E-state index contributed by atoms with van der Waals surface area (Å²) in [6.45, 7) is 2.67. The Labute approximate surface area is 110 Å². The molecule has 1 aliphatic rings. The fraction of sp³-hybridized carbons (Fsp3) is 0.857. The molecule has 1 saturated carbocycles. The van der Waals surface area contributed by atoms with Crippen LogP contribution < -0.4 is 5.32 Å². The van der Waals surface area contributed by atoms with Crippen molar-refractivity contribution in [2.24, 2.45) is 5.41 Å². The van der Waals surface area contributed by atoms with Crippen molar-refractivity contribution < 1.29 is 4.79 Å². The Bertz CT molecular complexity index is 311. The van der Waals surface area contributed by atoms with Crippen LogP contribution in [0.4, 0.5) is 0 Å². The third-order valence-electron chi connectivity index (χ3n) is 4.05. The summed E-state index contributed by atoms with van der Waals surface area (Å²) in [5.41, 5.74) is -0.775. The van der Waals surface area contributed by atoms with Gasteiger partial charge in [-0.15, -0.1) is 0 Å². The largest absolute Gasteiger partial charge is 0.353 e. The van der Waals surface area contributed by atoms with Gasteiger partial charge in [-0.05, 0) is 33.9 Å². The second-order valence-electron chi connectivity index (χ2n) is 5.63. The van der Waals surface area contributed by atoms with Crippen LogP contribution in [0.15, 0.2) is 0 Å². The first-order chi connectivity index (χ1) is 8.52. The van der Waals surface area contributed by atoms with Crippen molar-refractivity contribution in [3.63, 3.8) is 0 Å². The smallest absolute Gasteiger partial charge is 0.240 e. The fourth-order valence-corrected chi connectivity index (χ4v) is 2.31. The summed E-state index contributed by atoms with van der Waals surface area (Å²) < 4.78 is 0. The van der Waals surface area contributed by atoms with Crippen molar-refractivity contribution in [1.29, 1.82) is 5.26 Å². The van der Waals surface area contributed by atoms with E-state index >= 15 is 0 Å². The first kappa shape index (κ1) is 15.0. The molecule has 1 rings (SSSR count). The van der Waals surface area contributed by atoms with Gasteiger partial charge in [-0.1, -0.05) is 25.7 Å². The number of nitriles is 1. The van der Waals surface area contributed by atoms with Crippen LogP contribution in [-0.2, 0) is 4.79 Å². The average molecular weight is 251 g/mol. The van der Waals surface area contributed by atoms with Crippen LogP contribution in [0.2, 0.25) is 0 Å². The Morgan fingerprint density at radius 1 is 1.33 bits per heavy atom. The fourth-order valence-electron chi connectivity index (χ4n) is 2.31. The van der Waals surface area contributed by atoms with E-state index in [4.69, 9.17) is 0 Å². The highest BCUT2D eigenvalue weighted by Crippen LogP contribution is 2.34. The zero-order chi connectivity index (χ0) is 13.6. The zero-order valence-electron chi connectivity index (χ0n) is 11.8. The summed E-state index contributed by atoms with van der Waals surface area (Å²) in [4.78, 5) is 14.3. The van der Waals surface area contributed by atoms with E-state index in [-0.39, 0.29) is 11.9 Å². The maximum absolute atomic E-state index is 12.3. The quantitative estimate of drug-likeness (QED) is 0.777. The SMILES string of the molecule is CC(CNC(=O)C1(C#N)CCCCCC1)N(C)C. The van der Waals surface area contributed by atoms with E-state index in [1.54, 1.807) is 0 Å². The lowest BCUT2D eigenvalue weighted by atomic mass is 9.81. The van der Waals surface area contributed by atoms with E-state index in [1.807, 2.05) is 14.1 Å². The zero-order valence-corrected chi connectivity index (χ0v) is 11.8. The third-order valence-corrected chi connectivity index (χ3v) is 4.05. The molecule has 1 fully saturated rings. The first-order valence-corrected chi connectivity index (χ1v) is 6.88. The van der Waals surface area contributed by atoms with E-state index < -0.39 is 5.41 Å². The Morgan fingerprint density at radius 3 is 2.33 bits per heavy atom. The Balaban J connectivity index is 2.59. The van der Waals surface area contributed by atoms with Crippen molar-refractivity contribution in [1.82, 2.24) is 10.2 Å². The summed E-state index contributed by atoms with van der Waals surface area (Å²) in [6.07, 6.45) is 5.70. The number of nitrogens with zero attached hydrogens (tertiary/aromatic N) is 2. The third kappa shape index (κ3) is 3.71. The number of rotatable bonds is 4. The highest BCUT2D eigenvalue weighted by Gasteiger charge is 2.38. The van der Waals surface area contributed by atoms with E-state index in [1.165, 1.54) is 0 Å². The Kier molecular flexibility index (Phi) is 5.61. The van der Waals surface area contributed by atoms with E-state index in [2.05, 4.69) is 23.2 Å². The van der Waals surface area contributed by atoms with Gasteiger partial charge in [0.25, 0.3) is 0 Å². The van der Waals surface area contributed by atoms with Crippen LogP contribution in [0.5, 0.6) is 0 Å². The molecule has 0 bridgehead atoms. The highest BCUT2D eigenvalue weighted by atomic mass is 16.2. The van der Waals surface area contributed by atoms with Crippen molar-refractivity contribution in [2.45, 2.75) is 51.5 Å². The van der Waals surface area contributed by atoms with Crippen molar-refractivity contribution in [2.75, 3.05) is 20.6 Å². The molecule has 0 heterocycles. The van der Waals surface area contributed by atoms with Crippen LogP contribution in [0.1, 0.15) is 45.4 Å². The van der Waals surface area contributed by atoms with Gasteiger partial charge < -0.3 is 10.2 Å². The lowest BCUT2D eigenvalue weighted by Gasteiger charge is -2.26. The first-order valence-electron chi connectivity index (χ1n) is 6.88. The lowest BCUT2D eigenvalue weighted by molar-refractivity contribution is -0.129. The molecule has 1 atom stereocenters. The highest BCUT2D eigenvalue weighted by molar-refractivity contribution is 5.85. The topological polar surface area (TPSA) is 56.1 Å². The second kappa shape index (κ2) is 6.75. The van der Waals surface area contributed by atoms with Gasteiger partial charge in [0.1, 0.15) is 5.41 Å². The molecule has 1 unspecified atom stereocenters. The van der Waals surface area contributed by atoms with Crippen LogP contribution in [0.3, 0.4) is 0 Å². The molecule has 0 saturated heterocycles. The van der Waals surface area contributed by atoms with E-state index in [0.717, 1.165) is 25.7 Å². The van der Waals surface area contributed by atoms with Gasteiger partial charge in [0.05, 0.1) is 6.07 Å². The maximum atomic E-state index is 12.3. The summed E-state index contributed by atoms with van der Waals surface area (Å²) in [5, 5.41) is 12.3. The minimum absolute atomic E-state index is 0.0689. The van der Waals surface area contributed by atoms with E-state index in [9.17, 15) is 10.1 Å². The summed E-state index contributed by atoms with van der Waals surface area (Å²) >= 11 is 0. The van der Waals surface area contributed by atoms with Crippen LogP contribution >= 0.6 is 0 Å². The minimum atomic E-state index is -0.775. The van der Waals surface area contributed by atoms with Gasteiger partial charge in [-0.25, -0.2) is 0 Å². The van der Waals surface area contributed by atoms with Gasteiger partial charge in [0, 0.05) is 12.6 Å². The Hall–Kier alpha value is -1.08. The predicted octanol–water partition coefficient (Wildman–Crippen LogP) is 1.92. The normalized spacial score (nSPS) is 20.8. The molecular formula is C14H25N3O. The van der Waals surface area contributed by atoms with Gasteiger partial charge in [0.15, 0.2) is 0 Å². The van der Waals surface area contributed by atoms with Crippen LogP contribution in [0, 0.1) is 16.7 Å². The number of carbonyl (C=O) groups excluding carboxylic acids is 1.